The van der Waals surface area contributed by atoms with Gasteiger partial charge in [0.05, 0.1) is 5.56 Å². The Morgan fingerprint density at radius 1 is 1.00 bits per heavy atom. The van der Waals surface area contributed by atoms with Crippen molar-refractivity contribution in [3.05, 3.63) is 65.2 Å². The number of hydrogen-bond donors (Lipinski definition) is 2. The number of halogens is 3. The first kappa shape index (κ1) is 19.6. The standard InChI is InChI=1S/C19H14F3N3O2S/c1-11(26)23-14-5-7-15(8-6-14)24-17(27)16-10-28-18(25-16)12-3-2-4-13(9-12)19(20,21)22/h2-10H,1H3,(H,23,26)(H,24,27). The molecule has 0 radical (unpaired) electrons. The van der Waals surface area contributed by atoms with Crippen molar-refractivity contribution in [1.82, 2.24) is 4.98 Å². The van der Waals surface area contributed by atoms with Gasteiger partial charge in [0.1, 0.15) is 10.7 Å². The summed E-state index contributed by atoms with van der Waals surface area (Å²) < 4.78 is 38.6. The van der Waals surface area contributed by atoms with E-state index in [4.69, 9.17) is 0 Å². The van der Waals surface area contributed by atoms with Crippen LogP contribution in [0.25, 0.3) is 10.6 Å². The average Bonchev–Trinajstić information content (AvgIpc) is 3.13. The first-order chi connectivity index (χ1) is 13.2. The number of carbonyl (C=O) groups excluding carboxylic acids is 2. The Balaban J connectivity index is 1.73. The summed E-state index contributed by atoms with van der Waals surface area (Å²) in [5.74, 6) is -0.692. The van der Waals surface area contributed by atoms with E-state index in [2.05, 4.69) is 15.6 Å². The van der Waals surface area contributed by atoms with Crippen molar-refractivity contribution in [3.8, 4) is 10.6 Å². The monoisotopic (exact) mass is 405 g/mol. The third-order valence-corrected chi connectivity index (χ3v) is 4.53. The summed E-state index contributed by atoms with van der Waals surface area (Å²) in [5, 5.41) is 7.06. The maximum absolute atomic E-state index is 12.9. The minimum absolute atomic E-state index is 0.100. The molecule has 1 heterocycles. The lowest BCUT2D eigenvalue weighted by Crippen LogP contribution is -2.12. The maximum Gasteiger partial charge on any atom is 0.416 e. The molecule has 144 valence electrons. The maximum atomic E-state index is 12.9. The van der Waals surface area contributed by atoms with Crippen LogP contribution in [0, 0.1) is 0 Å². The van der Waals surface area contributed by atoms with Crippen LogP contribution >= 0.6 is 11.3 Å². The van der Waals surface area contributed by atoms with Gasteiger partial charge in [0, 0.05) is 29.2 Å². The number of benzene rings is 2. The molecule has 9 heteroatoms. The van der Waals surface area contributed by atoms with Gasteiger partial charge in [0.2, 0.25) is 5.91 Å². The summed E-state index contributed by atoms with van der Waals surface area (Å²) in [6.07, 6.45) is -4.45. The van der Waals surface area contributed by atoms with Crippen molar-refractivity contribution < 1.29 is 22.8 Å². The van der Waals surface area contributed by atoms with Gasteiger partial charge in [-0.3, -0.25) is 9.59 Å². The number of amides is 2. The number of alkyl halides is 3. The highest BCUT2D eigenvalue weighted by Crippen LogP contribution is 2.33. The van der Waals surface area contributed by atoms with Crippen LogP contribution in [0.3, 0.4) is 0 Å². The first-order valence-corrected chi connectivity index (χ1v) is 8.92. The van der Waals surface area contributed by atoms with Gasteiger partial charge in [-0.15, -0.1) is 11.3 Å². The van der Waals surface area contributed by atoms with Crippen LogP contribution in [0.4, 0.5) is 24.5 Å². The minimum Gasteiger partial charge on any atom is -0.326 e. The van der Waals surface area contributed by atoms with Gasteiger partial charge in [-0.25, -0.2) is 4.98 Å². The Kier molecular flexibility index (Phi) is 5.46. The molecule has 2 aromatic carbocycles. The van der Waals surface area contributed by atoms with Crippen LogP contribution < -0.4 is 10.6 Å². The van der Waals surface area contributed by atoms with Crippen LogP contribution in [0.2, 0.25) is 0 Å². The Morgan fingerprint density at radius 3 is 2.25 bits per heavy atom. The van der Waals surface area contributed by atoms with Crippen LogP contribution in [-0.4, -0.2) is 16.8 Å². The smallest absolute Gasteiger partial charge is 0.326 e. The SMILES string of the molecule is CC(=O)Nc1ccc(NC(=O)c2csc(-c3cccc(C(F)(F)F)c3)n2)cc1. The van der Waals surface area contributed by atoms with Gasteiger partial charge in [-0.1, -0.05) is 12.1 Å². The van der Waals surface area contributed by atoms with Gasteiger partial charge in [-0.05, 0) is 36.4 Å². The van der Waals surface area contributed by atoms with Crippen molar-refractivity contribution in [2.45, 2.75) is 13.1 Å². The molecule has 5 nitrogen and oxygen atoms in total. The molecule has 2 N–H and O–H groups in total. The van der Waals surface area contributed by atoms with E-state index in [1.165, 1.54) is 24.4 Å². The van der Waals surface area contributed by atoms with Crippen molar-refractivity contribution in [3.63, 3.8) is 0 Å². The molecule has 1 aromatic heterocycles. The number of hydrogen-bond acceptors (Lipinski definition) is 4. The predicted octanol–water partition coefficient (Wildman–Crippen LogP) is 5.04. The fourth-order valence-corrected chi connectivity index (χ4v) is 3.17. The molecule has 0 spiro atoms. The van der Waals surface area contributed by atoms with Gasteiger partial charge in [0.25, 0.3) is 5.91 Å². The molecule has 0 saturated heterocycles. The highest BCUT2D eigenvalue weighted by atomic mass is 32.1. The summed E-state index contributed by atoms with van der Waals surface area (Å²) >= 11 is 1.08. The van der Waals surface area contributed by atoms with Crippen molar-refractivity contribution in [2.75, 3.05) is 10.6 Å². The van der Waals surface area contributed by atoms with Crippen molar-refractivity contribution in [1.29, 1.82) is 0 Å². The van der Waals surface area contributed by atoms with Gasteiger partial charge in [0.15, 0.2) is 0 Å². The number of anilines is 2. The first-order valence-electron chi connectivity index (χ1n) is 8.04. The average molecular weight is 405 g/mol. The van der Waals surface area contributed by atoms with E-state index in [1.807, 2.05) is 0 Å². The quantitative estimate of drug-likeness (QED) is 0.639. The lowest BCUT2D eigenvalue weighted by molar-refractivity contribution is -0.137. The molecule has 0 unspecified atom stereocenters. The zero-order valence-corrected chi connectivity index (χ0v) is 15.3. The Hall–Kier alpha value is -3.20. The summed E-state index contributed by atoms with van der Waals surface area (Å²) in [6, 6.07) is 11.3. The van der Waals surface area contributed by atoms with E-state index in [0.29, 0.717) is 21.9 Å². The Labute approximate surface area is 162 Å². The molecule has 0 aliphatic carbocycles. The normalized spacial score (nSPS) is 11.1. The lowest BCUT2D eigenvalue weighted by Gasteiger charge is -2.07. The second kappa shape index (κ2) is 7.81. The van der Waals surface area contributed by atoms with Gasteiger partial charge < -0.3 is 10.6 Å². The zero-order chi connectivity index (χ0) is 20.3. The summed E-state index contributed by atoms with van der Waals surface area (Å²) in [4.78, 5) is 27.5. The summed E-state index contributed by atoms with van der Waals surface area (Å²) in [5.41, 5.74) is 0.700. The minimum atomic E-state index is -4.45. The summed E-state index contributed by atoms with van der Waals surface area (Å²) in [7, 11) is 0. The van der Waals surface area contributed by atoms with E-state index in [-0.39, 0.29) is 11.6 Å². The number of rotatable bonds is 4. The van der Waals surface area contributed by atoms with Crippen LogP contribution in [-0.2, 0) is 11.0 Å². The second-order valence-electron chi connectivity index (χ2n) is 5.83. The Morgan fingerprint density at radius 2 is 1.64 bits per heavy atom. The number of carbonyl (C=O) groups is 2. The van der Waals surface area contributed by atoms with E-state index >= 15 is 0 Å². The largest absolute Gasteiger partial charge is 0.416 e. The van der Waals surface area contributed by atoms with Crippen molar-refractivity contribution in [2.24, 2.45) is 0 Å². The Bertz CT molecular complexity index is 1010. The molecule has 3 rings (SSSR count). The third-order valence-electron chi connectivity index (χ3n) is 3.64. The molecular weight excluding hydrogens is 391 g/mol. The third kappa shape index (κ3) is 4.74. The molecule has 0 fully saturated rings. The van der Waals surface area contributed by atoms with Crippen LogP contribution in [0.5, 0.6) is 0 Å². The molecule has 0 saturated carbocycles. The highest BCUT2D eigenvalue weighted by molar-refractivity contribution is 7.13. The number of nitrogens with one attached hydrogen (secondary N) is 2. The molecule has 0 aliphatic rings. The number of nitrogens with zero attached hydrogens (tertiary/aromatic N) is 1. The number of aromatic nitrogens is 1. The predicted molar refractivity (Wildman–Crippen MR) is 101 cm³/mol. The van der Waals surface area contributed by atoms with Gasteiger partial charge >= 0.3 is 6.18 Å². The van der Waals surface area contributed by atoms with E-state index in [9.17, 15) is 22.8 Å². The molecule has 28 heavy (non-hydrogen) atoms. The van der Waals surface area contributed by atoms with E-state index < -0.39 is 17.6 Å². The molecule has 0 bridgehead atoms. The molecule has 2 amide bonds. The highest BCUT2D eigenvalue weighted by Gasteiger charge is 2.30. The lowest BCUT2D eigenvalue weighted by atomic mass is 10.1. The second-order valence-corrected chi connectivity index (χ2v) is 6.69. The van der Waals surface area contributed by atoms with E-state index in [0.717, 1.165) is 23.5 Å². The van der Waals surface area contributed by atoms with Crippen molar-refractivity contribution >= 4 is 34.5 Å². The topological polar surface area (TPSA) is 71.1 Å². The molecule has 0 aliphatic heterocycles. The fraction of sp³-hybridized carbons (Fsp3) is 0.105. The number of thiazole rings is 1. The molecule has 0 atom stereocenters. The van der Waals surface area contributed by atoms with E-state index in [1.54, 1.807) is 24.3 Å². The van der Waals surface area contributed by atoms with Crippen LogP contribution in [0.15, 0.2) is 53.9 Å². The van der Waals surface area contributed by atoms with Gasteiger partial charge in [-0.2, -0.15) is 13.2 Å². The molecule has 3 aromatic rings. The summed E-state index contributed by atoms with van der Waals surface area (Å²) in [6.45, 7) is 1.39. The van der Waals surface area contributed by atoms with Crippen LogP contribution in [0.1, 0.15) is 23.0 Å². The zero-order valence-electron chi connectivity index (χ0n) is 14.5. The fourth-order valence-electron chi connectivity index (χ4n) is 2.37. The molecular formula is C19H14F3N3O2S.